The number of benzene rings is 1. The Bertz CT molecular complexity index is 586. The number of piperidine rings is 1. The van der Waals surface area contributed by atoms with Crippen LogP contribution < -0.4 is 10.1 Å². The number of rotatable bonds is 6. The van der Waals surface area contributed by atoms with Crippen molar-refractivity contribution in [1.29, 1.82) is 0 Å². The summed E-state index contributed by atoms with van der Waals surface area (Å²) in [5, 5.41) is 3.57. The molecule has 0 aliphatic carbocycles. The Morgan fingerprint density at radius 3 is 2.61 bits per heavy atom. The topological polar surface area (TPSA) is 43.3 Å². The highest BCUT2D eigenvalue weighted by molar-refractivity contribution is 5.79. The molecule has 0 unspecified atom stereocenters. The van der Waals surface area contributed by atoms with Gasteiger partial charge in [-0.1, -0.05) is 18.2 Å². The first-order chi connectivity index (χ1) is 13.7. The molecule has 0 saturated carbocycles. The van der Waals surface area contributed by atoms with Crippen molar-refractivity contribution in [3.8, 4) is 5.75 Å². The molecule has 0 radical (unpaired) electrons. The van der Waals surface area contributed by atoms with Crippen molar-refractivity contribution in [3.05, 3.63) is 30.3 Å². The highest BCUT2D eigenvalue weighted by Crippen LogP contribution is 2.18. The van der Waals surface area contributed by atoms with Gasteiger partial charge in [0.2, 0.25) is 0 Å². The second-order valence-electron chi connectivity index (χ2n) is 7.94. The van der Waals surface area contributed by atoms with Gasteiger partial charge in [0.1, 0.15) is 11.9 Å². The Hall–Kier alpha value is -1.79. The van der Waals surface area contributed by atoms with Crippen LogP contribution in [-0.2, 0) is 0 Å². The zero-order chi connectivity index (χ0) is 19.6. The zero-order valence-electron chi connectivity index (χ0n) is 17.6. The van der Waals surface area contributed by atoms with Gasteiger partial charge in [0.15, 0.2) is 5.96 Å². The maximum absolute atomic E-state index is 6.10. The Morgan fingerprint density at radius 2 is 1.86 bits per heavy atom. The first-order valence-electron chi connectivity index (χ1n) is 10.8. The number of likely N-dealkylation sites (N-methyl/N-ethyl adjacent to an activating group) is 1. The summed E-state index contributed by atoms with van der Waals surface area (Å²) in [5.74, 6) is 2.01. The molecule has 0 spiro atoms. The van der Waals surface area contributed by atoms with E-state index in [-0.39, 0.29) is 0 Å². The van der Waals surface area contributed by atoms with E-state index in [0.29, 0.717) is 6.10 Å². The highest BCUT2D eigenvalue weighted by atomic mass is 16.5. The third kappa shape index (κ3) is 6.67. The first kappa shape index (κ1) is 20.9. The monoisotopic (exact) mass is 387 g/mol. The number of likely N-dealkylation sites (tertiary alicyclic amines) is 1. The van der Waals surface area contributed by atoms with E-state index >= 15 is 0 Å². The molecule has 0 atom stereocenters. The molecule has 1 aromatic rings. The molecule has 28 heavy (non-hydrogen) atoms. The van der Waals surface area contributed by atoms with Crippen LogP contribution >= 0.6 is 0 Å². The lowest BCUT2D eigenvalue weighted by Crippen LogP contribution is -2.48. The van der Waals surface area contributed by atoms with Crippen LogP contribution in [-0.4, -0.2) is 93.2 Å². The SMILES string of the molecule is CN=C(NCCCN1CCCN(C)CC1)N1CCC(Oc2ccccc2)CC1. The van der Waals surface area contributed by atoms with Crippen LogP contribution in [0.2, 0.25) is 0 Å². The van der Waals surface area contributed by atoms with E-state index in [1.54, 1.807) is 0 Å². The van der Waals surface area contributed by atoms with Gasteiger partial charge in [-0.15, -0.1) is 0 Å². The number of nitrogens with zero attached hydrogens (tertiary/aromatic N) is 4. The number of hydrogen-bond acceptors (Lipinski definition) is 4. The normalized spacial score (nSPS) is 20.8. The predicted molar refractivity (Wildman–Crippen MR) is 116 cm³/mol. The lowest BCUT2D eigenvalue weighted by atomic mass is 10.1. The number of aliphatic imine (C=N–C) groups is 1. The number of para-hydroxylation sites is 1. The molecule has 2 fully saturated rings. The van der Waals surface area contributed by atoms with Crippen molar-refractivity contribution in [2.24, 2.45) is 4.99 Å². The third-order valence-electron chi connectivity index (χ3n) is 5.75. The van der Waals surface area contributed by atoms with Crippen LogP contribution in [0.15, 0.2) is 35.3 Å². The van der Waals surface area contributed by atoms with Crippen molar-refractivity contribution >= 4 is 5.96 Å². The van der Waals surface area contributed by atoms with Gasteiger partial charge >= 0.3 is 0 Å². The van der Waals surface area contributed by atoms with E-state index < -0.39 is 0 Å². The maximum atomic E-state index is 6.10. The molecule has 2 heterocycles. The van der Waals surface area contributed by atoms with Crippen LogP contribution in [0.4, 0.5) is 0 Å². The van der Waals surface area contributed by atoms with Gasteiger partial charge in [-0.05, 0) is 51.7 Å². The number of guanidine groups is 1. The fourth-order valence-electron chi connectivity index (χ4n) is 4.04. The molecule has 0 bridgehead atoms. The summed E-state index contributed by atoms with van der Waals surface area (Å²) in [4.78, 5) is 11.9. The Labute approximate surface area is 170 Å². The average molecular weight is 388 g/mol. The van der Waals surface area contributed by atoms with E-state index in [9.17, 15) is 0 Å². The fraction of sp³-hybridized carbons (Fsp3) is 0.682. The van der Waals surface area contributed by atoms with Gasteiger partial charge in [-0.25, -0.2) is 0 Å². The minimum atomic E-state index is 0.304. The molecule has 1 aromatic carbocycles. The number of ether oxygens (including phenoxy) is 1. The lowest BCUT2D eigenvalue weighted by molar-refractivity contribution is 0.129. The standard InChI is InChI=1S/C22H37N5O/c1-23-22(24-12-6-14-26-15-7-13-25(2)18-19-26)27-16-10-21(11-17-27)28-20-8-4-3-5-9-20/h3-5,8-9,21H,6-7,10-19H2,1-2H3,(H,23,24). The van der Waals surface area contributed by atoms with E-state index in [1.165, 1.54) is 39.1 Å². The zero-order valence-corrected chi connectivity index (χ0v) is 17.6. The quantitative estimate of drug-likeness (QED) is 0.460. The minimum Gasteiger partial charge on any atom is -0.490 e. The summed E-state index contributed by atoms with van der Waals surface area (Å²) in [6.07, 6.45) is 4.83. The molecule has 156 valence electrons. The fourth-order valence-corrected chi connectivity index (χ4v) is 4.04. The number of nitrogens with one attached hydrogen (secondary N) is 1. The van der Waals surface area contributed by atoms with E-state index in [0.717, 1.165) is 50.6 Å². The molecule has 2 aliphatic rings. The summed E-state index contributed by atoms with van der Waals surface area (Å²) in [5.41, 5.74) is 0. The van der Waals surface area contributed by atoms with Crippen LogP contribution in [0.3, 0.4) is 0 Å². The molecule has 6 nitrogen and oxygen atoms in total. The maximum Gasteiger partial charge on any atom is 0.193 e. The largest absolute Gasteiger partial charge is 0.490 e. The number of hydrogen-bond donors (Lipinski definition) is 1. The molecule has 1 N–H and O–H groups in total. The molecule has 3 rings (SSSR count). The Balaban J connectivity index is 1.33. The molecule has 2 aliphatic heterocycles. The van der Waals surface area contributed by atoms with Crippen LogP contribution in [0.1, 0.15) is 25.7 Å². The van der Waals surface area contributed by atoms with E-state index in [2.05, 4.69) is 32.1 Å². The Morgan fingerprint density at radius 1 is 1.07 bits per heavy atom. The second-order valence-corrected chi connectivity index (χ2v) is 7.94. The van der Waals surface area contributed by atoms with E-state index in [4.69, 9.17) is 4.74 Å². The van der Waals surface area contributed by atoms with Gasteiger partial charge in [0.05, 0.1) is 0 Å². The predicted octanol–water partition coefficient (Wildman–Crippen LogP) is 2.13. The van der Waals surface area contributed by atoms with Crippen LogP contribution in [0.25, 0.3) is 0 Å². The summed E-state index contributed by atoms with van der Waals surface area (Å²) in [6.45, 7) is 8.99. The molecular weight excluding hydrogens is 350 g/mol. The van der Waals surface area contributed by atoms with Gasteiger partial charge in [0.25, 0.3) is 0 Å². The molecule has 0 aromatic heterocycles. The summed E-state index contributed by atoms with van der Waals surface area (Å²) in [7, 11) is 4.11. The molecule has 0 amide bonds. The van der Waals surface area contributed by atoms with Gasteiger partial charge < -0.3 is 24.8 Å². The van der Waals surface area contributed by atoms with Crippen molar-refractivity contribution in [2.75, 3.05) is 66.5 Å². The highest BCUT2D eigenvalue weighted by Gasteiger charge is 2.22. The van der Waals surface area contributed by atoms with Gasteiger partial charge in [-0.3, -0.25) is 4.99 Å². The first-order valence-corrected chi connectivity index (χ1v) is 10.8. The van der Waals surface area contributed by atoms with E-state index in [1.807, 2.05) is 37.4 Å². The van der Waals surface area contributed by atoms with Crippen LogP contribution in [0, 0.1) is 0 Å². The molecule has 6 heteroatoms. The lowest BCUT2D eigenvalue weighted by Gasteiger charge is -2.34. The minimum absolute atomic E-state index is 0.304. The van der Waals surface area contributed by atoms with Crippen molar-refractivity contribution in [1.82, 2.24) is 20.0 Å². The Kier molecular flexibility index (Phi) is 8.42. The molecule has 2 saturated heterocycles. The second kappa shape index (κ2) is 11.3. The third-order valence-corrected chi connectivity index (χ3v) is 5.75. The smallest absolute Gasteiger partial charge is 0.193 e. The van der Waals surface area contributed by atoms with Gasteiger partial charge in [0, 0.05) is 52.6 Å². The van der Waals surface area contributed by atoms with Crippen molar-refractivity contribution in [2.45, 2.75) is 31.8 Å². The summed E-state index contributed by atoms with van der Waals surface area (Å²) >= 11 is 0. The summed E-state index contributed by atoms with van der Waals surface area (Å²) < 4.78 is 6.10. The van der Waals surface area contributed by atoms with Crippen LogP contribution in [0.5, 0.6) is 5.75 Å². The van der Waals surface area contributed by atoms with Gasteiger partial charge in [-0.2, -0.15) is 0 Å². The van der Waals surface area contributed by atoms with Crippen molar-refractivity contribution in [3.63, 3.8) is 0 Å². The average Bonchev–Trinajstić information content (AvgIpc) is 2.94. The molecular formula is C22H37N5O. The summed E-state index contributed by atoms with van der Waals surface area (Å²) in [6, 6.07) is 10.2. The van der Waals surface area contributed by atoms with Crippen molar-refractivity contribution < 1.29 is 4.74 Å².